The number of likely N-dealkylation sites (tertiary alicyclic amines) is 1. The molecule has 1 fully saturated rings. The number of rotatable bonds is 6. The predicted molar refractivity (Wildman–Crippen MR) is 120 cm³/mol. The Morgan fingerprint density at radius 1 is 1.12 bits per heavy atom. The summed E-state index contributed by atoms with van der Waals surface area (Å²) >= 11 is 0. The number of ether oxygens (including phenoxy) is 3. The number of hydrogen-bond acceptors (Lipinski definition) is 7. The lowest BCUT2D eigenvalue weighted by Gasteiger charge is -2.26. The van der Waals surface area contributed by atoms with Gasteiger partial charge in [-0.2, -0.15) is 0 Å². The van der Waals surface area contributed by atoms with Crippen LogP contribution in [0.4, 0.5) is 9.59 Å². The topological polar surface area (TPSA) is 111 Å². The molecular weight excluding hydrogens is 428 g/mol. The van der Waals surface area contributed by atoms with E-state index in [1.807, 2.05) is 30.3 Å². The first-order chi connectivity index (χ1) is 15.3. The number of amides is 3. The lowest BCUT2D eigenvalue weighted by Crippen LogP contribution is -2.46. The average molecular weight is 461 g/mol. The number of methoxy groups -OCH3 is 1. The van der Waals surface area contributed by atoms with Crippen LogP contribution in [0.5, 0.6) is 0 Å². The Hall–Kier alpha value is -3.36. The number of nitrogens with zero attached hydrogens (tertiary/aromatic N) is 1. The third-order valence-corrected chi connectivity index (χ3v) is 4.79. The van der Waals surface area contributed by atoms with Crippen LogP contribution in [-0.2, 0) is 30.4 Å². The monoisotopic (exact) mass is 460 g/mol. The maximum Gasteiger partial charge on any atom is 0.418 e. The molecule has 0 aliphatic carbocycles. The van der Waals surface area contributed by atoms with E-state index in [2.05, 4.69) is 5.32 Å². The number of nitrogens with one attached hydrogen (secondary N) is 1. The summed E-state index contributed by atoms with van der Waals surface area (Å²) < 4.78 is 15.3. The first kappa shape index (κ1) is 25.9. The Kier molecular flexibility index (Phi) is 8.24. The van der Waals surface area contributed by atoms with E-state index in [0.29, 0.717) is 0 Å². The van der Waals surface area contributed by atoms with Gasteiger partial charge >= 0.3 is 18.2 Å². The van der Waals surface area contributed by atoms with E-state index in [0.717, 1.165) is 10.5 Å². The molecule has 0 spiro atoms. The minimum absolute atomic E-state index is 0.000711. The van der Waals surface area contributed by atoms with Crippen molar-refractivity contribution in [2.75, 3.05) is 7.11 Å². The summed E-state index contributed by atoms with van der Waals surface area (Å²) in [5.41, 5.74) is -0.457. The summed E-state index contributed by atoms with van der Waals surface area (Å²) in [6.07, 6.45) is 0.375. The lowest BCUT2D eigenvalue weighted by molar-refractivity contribution is -0.148. The summed E-state index contributed by atoms with van der Waals surface area (Å²) in [6.45, 7) is 8.68. The van der Waals surface area contributed by atoms with Gasteiger partial charge in [0.2, 0.25) is 0 Å². The quantitative estimate of drug-likeness (QED) is 0.391. The van der Waals surface area contributed by atoms with Crippen LogP contribution in [0.25, 0.3) is 0 Å². The molecule has 0 bridgehead atoms. The molecule has 33 heavy (non-hydrogen) atoms. The fraction of sp³-hybridized carbons (Fsp3) is 0.500. The SMILES string of the molecule is COC(=O)[C@@H]1C/C(=C\CC(C)(C)NC(=O)OCc2ccccc2)C(=O)N1C(=O)OC(C)(C)C. The second kappa shape index (κ2) is 10.5. The first-order valence-electron chi connectivity index (χ1n) is 10.7. The zero-order valence-electron chi connectivity index (χ0n) is 20.0. The number of carbonyl (C=O) groups is 4. The van der Waals surface area contributed by atoms with Crippen LogP contribution in [-0.4, -0.2) is 53.3 Å². The average Bonchev–Trinajstić information content (AvgIpc) is 3.06. The highest BCUT2D eigenvalue weighted by Gasteiger charge is 2.46. The van der Waals surface area contributed by atoms with Gasteiger partial charge in [-0.25, -0.2) is 19.3 Å². The number of alkyl carbamates (subject to hydrolysis) is 1. The zero-order chi connectivity index (χ0) is 24.8. The Labute approximate surface area is 194 Å². The summed E-state index contributed by atoms with van der Waals surface area (Å²) in [7, 11) is 1.19. The second-order valence-electron chi connectivity index (χ2n) is 9.40. The molecule has 0 radical (unpaired) electrons. The molecule has 1 heterocycles. The van der Waals surface area contributed by atoms with Crippen molar-refractivity contribution in [3.63, 3.8) is 0 Å². The van der Waals surface area contributed by atoms with Crippen molar-refractivity contribution in [2.45, 2.75) is 71.2 Å². The number of imide groups is 1. The second-order valence-corrected chi connectivity index (χ2v) is 9.40. The van der Waals surface area contributed by atoms with E-state index in [-0.39, 0.29) is 25.0 Å². The molecule has 3 amide bonds. The van der Waals surface area contributed by atoms with Gasteiger partial charge in [0, 0.05) is 17.5 Å². The van der Waals surface area contributed by atoms with Crippen molar-refractivity contribution in [3.8, 4) is 0 Å². The molecule has 0 saturated carbocycles. The van der Waals surface area contributed by atoms with E-state index in [4.69, 9.17) is 14.2 Å². The molecule has 2 rings (SSSR count). The van der Waals surface area contributed by atoms with Crippen LogP contribution >= 0.6 is 0 Å². The molecule has 1 aromatic carbocycles. The summed E-state index contributed by atoms with van der Waals surface area (Å²) in [5.74, 6) is -1.33. The fourth-order valence-corrected chi connectivity index (χ4v) is 3.16. The highest BCUT2D eigenvalue weighted by atomic mass is 16.6. The Balaban J connectivity index is 2.05. The molecule has 0 unspecified atom stereocenters. The molecule has 1 aliphatic rings. The molecular formula is C24H32N2O7. The molecule has 180 valence electrons. The van der Waals surface area contributed by atoms with Crippen molar-refractivity contribution in [1.29, 1.82) is 0 Å². The molecule has 1 atom stereocenters. The first-order valence-corrected chi connectivity index (χ1v) is 10.7. The maximum absolute atomic E-state index is 12.9. The van der Waals surface area contributed by atoms with E-state index >= 15 is 0 Å². The Morgan fingerprint density at radius 3 is 2.33 bits per heavy atom. The molecule has 0 aromatic heterocycles. The highest BCUT2D eigenvalue weighted by Crippen LogP contribution is 2.28. The molecule has 1 aromatic rings. The Morgan fingerprint density at radius 2 is 1.76 bits per heavy atom. The maximum atomic E-state index is 12.9. The van der Waals surface area contributed by atoms with Gasteiger partial charge < -0.3 is 19.5 Å². The van der Waals surface area contributed by atoms with Crippen molar-refractivity contribution in [3.05, 3.63) is 47.5 Å². The van der Waals surface area contributed by atoms with Gasteiger partial charge in [0.25, 0.3) is 5.91 Å². The number of hydrogen-bond donors (Lipinski definition) is 1. The number of carbonyl (C=O) groups excluding carboxylic acids is 4. The Bertz CT molecular complexity index is 916. The van der Waals surface area contributed by atoms with Gasteiger partial charge in [-0.3, -0.25) is 4.79 Å². The van der Waals surface area contributed by atoms with Crippen LogP contribution in [0.2, 0.25) is 0 Å². The fourth-order valence-electron chi connectivity index (χ4n) is 3.16. The normalized spacial score (nSPS) is 17.6. The van der Waals surface area contributed by atoms with Crippen LogP contribution in [0.1, 0.15) is 53.0 Å². The molecule has 9 nitrogen and oxygen atoms in total. The van der Waals surface area contributed by atoms with Crippen LogP contribution < -0.4 is 5.32 Å². The third kappa shape index (κ3) is 7.62. The van der Waals surface area contributed by atoms with Crippen molar-refractivity contribution >= 4 is 24.1 Å². The molecule has 9 heteroatoms. The minimum Gasteiger partial charge on any atom is -0.467 e. The van der Waals surface area contributed by atoms with Gasteiger partial charge in [0.05, 0.1) is 7.11 Å². The lowest BCUT2D eigenvalue weighted by atomic mass is 9.98. The van der Waals surface area contributed by atoms with Crippen LogP contribution in [0, 0.1) is 0 Å². The van der Waals surface area contributed by atoms with Crippen molar-refractivity contribution in [2.24, 2.45) is 0 Å². The van der Waals surface area contributed by atoms with E-state index in [9.17, 15) is 19.2 Å². The molecule has 1 N–H and O–H groups in total. The van der Waals surface area contributed by atoms with Gasteiger partial charge in [-0.05, 0) is 46.6 Å². The number of esters is 1. The molecule has 1 saturated heterocycles. The number of benzene rings is 1. The standard InChI is InChI=1S/C24H32N2O7/c1-23(2,3)33-22(30)26-18(20(28)31-6)14-17(19(26)27)12-13-24(4,5)25-21(29)32-15-16-10-8-7-9-11-16/h7-12,18H,13-15H2,1-6H3,(H,25,29)/b17-12+/t18-/m0/s1. The van der Waals surface area contributed by atoms with Gasteiger partial charge in [-0.15, -0.1) is 0 Å². The van der Waals surface area contributed by atoms with Crippen molar-refractivity contribution in [1.82, 2.24) is 10.2 Å². The zero-order valence-corrected chi connectivity index (χ0v) is 20.0. The minimum atomic E-state index is -1.10. The summed E-state index contributed by atoms with van der Waals surface area (Å²) in [6, 6.07) is 8.18. The smallest absolute Gasteiger partial charge is 0.418 e. The van der Waals surface area contributed by atoms with Crippen LogP contribution in [0.3, 0.4) is 0 Å². The van der Waals surface area contributed by atoms with Crippen molar-refractivity contribution < 1.29 is 33.4 Å². The van der Waals surface area contributed by atoms with Gasteiger partial charge in [-0.1, -0.05) is 36.4 Å². The van der Waals surface area contributed by atoms with Gasteiger partial charge in [0.1, 0.15) is 18.2 Å². The van der Waals surface area contributed by atoms with Gasteiger partial charge in [0.15, 0.2) is 0 Å². The highest BCUT2D eigenvalue weighted by molar-refractivity contribution is 6.08. The summed E-state index contributed by atoms with van der Waals surface area (Å²) in [4.78, 5) is 50.6. The van der Waals surface area contributed by atoms with E-state index in [1.165, 1.54) is 7.11 Å². The third-order valence-electron chi connectivity index (χ3n) is 4.79. The summed E-state index contributed by atoms with van der Waals surface area (Å²) in [5, 5.41) is 2.76. The van der Waals surface area contributed by atoms with E-state index in [1.54, 1.807) is 40.7 Å². The largest absolute Gasteiger partial charge is 0.467 e. The van der Waals surface area contributed by atoms with Crippen LogP contribution in [0.15, 0.2) is 42.0 Å². The molecule has 1 aliphatic heterocycles. The van der Waals surface area contributed by atoms with E-state index < -0.39 is 41.2 Å². The predicted octanol–water partition coefficient (Wildman–Crippen LogP) is 3.72.